The monoisotopic (exact) mass is 355 g/mol. The van der Waals surface area contributed by atoms with Crippen molar-refractivity contribution in [1.82, 2.24) is 5.32 Å². The highest BCUT2D eigenvalue weighted by molar-refractivity contribution is 5.79. The molecule has 0 saturated heterocycles. The number of benzene rings is 2. The molecule has 1 amide bonds. The van der Waals surface area contributed by atoms with Crippen LogP contribution in [0.15, 0.2) is 42.5 Å². The Morgan fingerprint density at radius 1 is 1.12 bits per heavy atom. The van der Waals surface area contributed by atoms with E-state index in [9.17, 15) is 4.79 Å². The number of fused-ring (bicyclic) bond motifs is 1. The van der Waals surface area contributed by atoms with Gasteiger partial charge < -0.3 is 19.5 Å². The van der Waals surface area contributed by atoms with Gasteiger partial charge in [-0.2, -0.15) is 0 Å². The molecule has 0 unspecified atom stereocenters. The molecule has 26 heavy (non-hydrogen) atoms. The molecule has 0 aromatic heterocycles. The second-order valence-corrected chi connectivity index (χ2v) is 7.11. The topological polar surface area (TPSA) is 56.8 Å². The molecule has 0 bridgehead atoms. The maximum absolute atomic E-state index is 12.6. The van der Waals surface area contributed by atoms with Gasteiger partial charge in [0.1, 0.15) is 22.8 Å². The molecule has 0 aliphatic carbocycles. The molecule has 1 atom stereocenters. The molecule has 1 aliphatic rings. The predicted molar refractivity (Wildman–Crippen MR) is 99.9 cm³/mol. The Hall–Kier alpha value is -2.69. The Morgan fingerprint density at radius 3 is 2.42 bits per heavy atom. The summed E-state index contributed by atoms with van der Waals surface area (Å²) in [5.74, 6) is 2.27. The summed E-state index contributed by atoms with van der Waals surface area (Å²) in [5, 5.41) is 3.15. The zero-order chi connectivity index (χ0) is 18.7. The SMILES string of the molecule is COc1ccc(CC(=O)N[C@@H]2CC(C)(C)Oc3cc(OC)ccc32)cc1. The Bertz CT molecular complexity index is 783. The Morgan fingerprint density at radius 2 is 1.77 bits per heavy atom. The Kier molecular flexibility index (Phi) is 5.07. The summed E-state index contributed by atoms with van der Waals surface area (Å²) in [6, 6.07) is 13.2. The largest absolute Gasteiger partial charge is 0.497 e. The molecule has 2 aromatic rings. The Balaban J connectivity index is 1.75. The van der Waals surface area contributed by atoms with Crippen molar-refractivity contribution in [3.63, 3.8) is 0 Å². The molecule has 5 heteroatoms. The molecule has 138 valence electrons. The average Bonchev–Trinajstić information content (AvgIpc) is 2.60. The summed E-state index contributed by atoms with van der Waals surface area (Å²) < 4.78 is 16.5. The van der Waals surface area contributed by atoms with Crippen LogP contribution in [0.4, 0.5) is 0 Å². The number of carbonyl (C=O) groups is 1. The number of ether oxygens (including phenoxy) is 3. The van der Waals surface area contributed by atoms with Crippen molar-refractivity contribution < 1.29 is 19.0 Å². The van der Waals surface area contributed by atoms with Crippen molar-refractivity contribution in [2.75, 3.05) is 14.2 Å². The molecule has 5 nitrogen and oxygen atoms in total. The van der Waals surface area contributed by atoms with Gasteiger partial charge in [-0.25, -0.2) is 0 Å². The molecule has 0 spiro atoms. The summed E-state index contributed by atoms with van der Waals surface area (Å²) in [6.07, 6.45) is 1.04. The van der Waals surface area contributed by atoms with Crippen molar-refractivity contribution in [2.45, 2.75) is 38.3 Å². The van der Waals surface area contributed by atoms with E-state index in [0.717, 1.165) is 28.4 Å². The van der Waals surface area contributed by atoms with E-state index in [1.165, 1.54) is 0 Å². The minimum Gasteiger partial charge on any atom is -0.497 e. The number of nitrogens with one attached hydrogen (secondary N) is 1. The lowest BCUT2D eigenvalue weighted by atomic mass is 9.89. The van der Waals surface area contributed by atoms with Crippen LogP contribution in [0.1, 0.15) is 37.4 Å². The highest BCUT2D eigenvalue weighted by Crippen LogP contribution is 2.41. The molecule has 3 rings (SSSR count). The van der Waals surface area contributed by atoms with Gasteiger partial charge in [0.05, 0.1) is 26.7 Å². The van der Waals surface area contributed by atoms with E-state index in [0.29, 0.717) is 12.8 Å². The van der Waals surface area contributed by atoms with Crippen LogP contribution in [0.25, 0.3) is 0 Å². The first kappa shape index (κ1) is 18.1. The number of methoxy groups -OCH3 is 2. The fourth-order valence-corrected chi connectivity index (χ4v) is 3.26. The van der Waals surface area contributed by atoms with Crippen LogP contribution in [0, 0.1) is 0 Å². The van der Waals surface area contributed by atoms with Crippen molar-refractivity contribution >= 4 is 5.91 Å². The van der Waals surface area contributed by atoms with Crippen LogP contribution in [0.2, 0.25) is 0 Å². The van der Waals surface area contributed by atoms with E-state index in [2.05, 4.69) is 5.32 Å². The first-order valence-electron chi connectivity index (χ1n) is 8.69. The van der Waals surface area contributed by atoms with Gasteiger partial charge in [-0.05, 0) is 43.7 Å². The van der Waals surface area contributed by atoms with Crippen molar-refractivity contribution in [3.05, 3.63) is 53.6 Å². The summed E-state index contributed by atoms with van der Waals surface area (Å²) >= 11 is 0. The van der Waals surface area contributed by atoms with Gasteiger partial charge in [0, 0.05) is 18.1 Å². The number of hydrogen-bond acceptors (Lipinski definition) is 4. The van der Waals surface area contributed by atoms with E-state index in [-0.39, 0.29) is 17.6 Å². The maximum Gasteiger partial charge on any atom is 0.224 e. The first-order chi connectivity index (χ1) is 12.4. The van der Waals surface area contributed by atoms with Gasteiger partial charge in [0.15, 0.2) is 0 Å². The van der Waals surface area contributed by atoms with Gasteiger partial charge >= 0.3 is 0 Å². The molecule has 1 N–H and O–H groups in total. The summed E-state index contributed by atoms with van der Waals surface area (Å²) in [5.41, 5.74) is 1.56. The predicted octanol–water partition coefficient (Wildman–Crippen LogP) is 3.66. The van der Waals surface area contributed by atoms with E-state index >= 15 is 0 Å². The lowest BCUT2D eigenvalue weighted by Crippen LogP contribution is -2.41. The average molecular weight is 355 g/mol. The molecule has 1 heterocycles. The van der Waals surface area contributed by atoms with Gasteiger partial charge in [0.2, 0.25) is 5.91 Å². The standard InChI is InChI=1S/C21H25NO4/c1-21(2)13-18(17-10-9-16(25-4)12-19(17)26-21)22-20(23)11-14-5-7-15(24-3)8-6-14/h5-10,12,18H,11,13H2,1-4H3,(H,22,23)/t18-/m1/s1. The number of rotatable bonds is 5. The third-order valence-electron chi connectivity index (χ3n) is 4.54. The van der Waals surface area contributed by atoms with Crippen LogP contribution in [0.5, 0.6) is 17.2 Å². The smallest absolute Gasteiger partial charge is 0.224 e. The first-order valence-corrected chi connectivity index (χ1v) is 8.69. The number of hydrogen-bond donors (Lipinski definition) is 1. The van der Waals surface area contributed by atoms with E-state index in [4.69, 9.17) is 14.2 Å². The maximum atomic E-state index is 12.6. The highest BCUT2D eigenvalue weighted by atomic mass is 16.5. The normalized spacial score (nSPS) is 17.6. The van der Waals surface area contributed by atoms with Gasteiger partial charge in [-0.15, -0.1) is 0 Å². The lowest BCUT2D eigenvalue weighted by Gasteiger charge is -2.38. The van der Waals surface area contributed by atoms with Gasteiger partial charge in [-0.3, -0.25) is 4.79 Å². The summed E-state index contributed by atoms with van der Waals surface area (Å²) in [7, 11) is 3.25. The van der Waals surface area contributed by atoms with Gasteiger partial charge in [0.25, 0.3) is 0 Å². The van der Waals surface area contributed by atoms with Crippen molar-refractivity contribution in [2.24, 2.45) is 0 Å². The number of amides is 1. The fourth-order valence-electron chi connectivity index (χ4n) is 3.26. The van der Waals surface area contributed by atoms with E-state index < -0.39 is 0 Å². The lowest BCUT2D eigenvalue weighted by molar-refractivity contribution is -0.121. The van der Waals surface area contributed by atoms with Crippen LogP contribution in [0.3, 0.4) is 0 Å². The highest BCUT2D eigenvalue weighted by Gasteiger charge is 2.34. The van der Waals surface area contributed by atoms with Crippen LogP contribution in [-0.2, 0) is 11.2 Å². The molecular formula is C21H25NO4. The van der Waals surface area contributed by atoms with Crippen molar-refractivity contribution in [3.8, 4) is 17.2 Å². The second kappa shape index (κ2) is 7.28. The summed E-state index contributed by atoms with van der Waals surface area (Å²) in [4.78, 5) is 12.6. The zero-order valence-corrected chi connectivity index (χ0v) is 15.7. The van der Waals surface area contributed by atoms with Crippen molar-refractivity contribution in [1.29, 1.82) is 0 Å². The quantitative estimate of drug-likeness (QED) is 0.889. The fraction of sp³-hybridized carbons (Fsp3) is 0.381. The molecular weight excluding hydrogens is 330 g/mol. The molecule has 1 aliphatic heterocycles. The summed E-state index contributed by atoms with van der Waals surface area (Å²) in [6.45, 7) is 4.05. The van der Waals surface area contributed by atoms with Crippen LogP contribution < -0.4 is 19.5 Å². The molecule has 0 radical (unpaired) electrons. The van der Waals surface area contributed by atoms with E-state index in [1.807, 2.05) is 56.3 Å². The third kappa shape index (κ3) is 4.10. The number of carbonyl (C=O) groups excluding carboxylic acids is 1. The minimum atomic E-state index is -0.364. The zero-order valence-electron chi connectivity index (χ0n) is 15.7. The van der Waals surface area contributed by atoms with Crippen LogP contribution >= 0.6 is 0 Å². The molecule has 0 fully saturated rings. The second-order valence-electron chi connectivity index (χ2n) is 7.11. The van der Waals surface area contributed by atoms with E-state index in [1.54, 1.807) is 14.2 Å². The minimum absolute atomic E-state index is 0.0142. The van der Waals surface area contributed by atoms with Crippen LogP contribution in [-0.4, -0.2) is 25.7 Å². The molecule has 0 saturated carbocycles. The van der Waals surface area contributed by atoms with Gasteiger partial charge in [-0.1, -0.05) is 12.1 Å². The third-order valence-corrected chi connectivity index (χ3v) is 4.54. The molecule has 2 aromatic carbocycles. The Labute approximate surface area is 154 Å².